The van der Waals surface area contributed by atoms with Crippen LogP contribution in [-0.2, 0) is 16.0 Å². The second kappa shape index (κ2) is 7.21. The zero-order chi connectivity index (χ0) is 22.6. The molecule has 0 saturated heterocycles. The van der Waals surface area contributed by atoms with Crippen molar-refractivity contribution in [2.75, 3.05) is 5.32 Å². The van der Waals surface area contributed by atoms with Crippen molar-refractivity contribution in [2.24, 2.45) is 0 Å². The molecule has 1 aliphatic rings. The van der Waals surface area contributed by atoms with E-state index in [1.54, 1.807) is 6.07 Å². The van der Waals surface area contributed by atoms with Crippen LogP contribution in [0.2, 0.25) is 5.02 Å². The van der Waals surface area contributed by atoms with Gasteiger partial charge in [0.25, 0.3) is 5.91 Å². The fourth-order valence-electron chi connectivity index (χ4n) is 3.25. The fraction of sp³-hybridized carbons (Fsp3) is 0.0476. The maximum atomic E-state index is 13.0. The van der Waals surface area contributed by atoms with E-state index in [-0.39, 0.29) is 32.2 Å². The summed E-state index contributed by atoms with van der Waals surface area (Å²) in [6.07, 6.45) is -4.72. The van der Waals surface area contributed by atoms with Gasteiger partial charge in [-0.25, -0.2) is 8.42 Å². The summed E-state index contributed by atoms with van der Waals surface area (Å²) in [5.74, 6) is -1.35. The number of benzene rings is 3. The summed E-state index contributed by atoms with van der Waals surface area (Å²) < 4.78 is 65.0. The van der Waals surface area contributed by atoms with Crippen molar-refractivity contribution in [3.8, 4) is 0 Å². The maximum Gasteiger partial charge on any atom is 0.417 e. The molecule has 3 aromatic carbocycles. The molecule has 158 valence electrons. The van der Waals surface area contributed by atoms with Crippen LogP contribution in [0.5, 0.6) is 0 Å². The van der Waals surface area contributed by atoms with Gasteiger partial charge in [0, 0.05) is 22.4 Å². The number of carbonyl (C=O) groups is 2. The lowest BCUT2D eigenvalue weighted by Crippen LogP contribution is -2.21. The van der Waals surface area contributed by atoms with Crippen LogP contribution in [-0.4, -0.2) is 20.1 Å². The second-order valence-corrected chi connectivity index (χ2v) is 8.98. The van der Waals surface area contributed by atoms with Crippen LogP contribution < -0.4 is 5.32 Å². The highest BCUT2D eigenvalue weighted by molar-refractivity contribution is 7.91. The molecule has 4 rings (SSSR count). The molecule has 0 aromatic heterocycles. The number of amides is 1. The number of hydrogen-bond acceptors (Lipinski definition) is 4. The molecule has 1 N–H and O–H groups in total. The van der Waals surface area contributed by atoms with Gasteiger partial charge in [-0.15, -0.1) is 0 Å². The molecule has 0 bridgehead atoms. The smallest absolute Gasteiger partial charge is 0.322 e. The zero-order valence-corrected chi connectivity index (χ0v) is 16.9. The summed E-state index contributed by atoms with van der Waals surface area (Å²) in [5.41, 5.74) is -1.49. The summed E-state index contributed by atoms with van der Waals surface area (Å²) >= 11 is 5.57. The number of nitrogens with one attached hydrogen (secondary N) is 1. The number of halogens is 4. The highest BCUT2D eigenvalue weighted by atomic mass is 35.5. The lowest BCUT2D eigenvalue weighted by Gasteiger charge is -2.19. The molecule has 0 radical (unpaired) electrons. The fourth-order valence-corrected chi connectivity index (χ4v) is 5.15. The topological polar surface area (TPSA) is 80.3 Å². The minimum Gasteiger partial charge on any atom is -0.322 e. The van der Waals surface area contributed by atoms with E-state index >= 15 is 0 Å². The van der Waals surface area contributed by atoms with Gasteiger partial charge in [-0.05, 0) is 48.5 Å². The normalized spacial score (nSPS) is 14.5. The van der Waals surface area contributed by atoms with E-state index in [9.17, 15) is 31.2 Å². The van der Waals surface area contributed by atoms with Crippen molar-refractivity contribution in [3.05, 3.63) is 87.9 Å². The second-order valence-electron chi connectivity index (χ2n) is 6.69. The van der Waals surface area contributed by atoms with Gasteiger partial charge in [0.15, 0.2) is 5.78 Å². The molecule has 0 atom stereocenters. The number of fused-ring (bicyclic) bond motifs is 2. The van der Waals surface area contributed by atoms with E-state index in [0.717, 1.165) is 12.1 Å². The van der Waals surface area contributed by atoms with Crippen LogP contribution in [0.4, 0.5) is 18.9 Å². The lowest BCUT2D eigenvalue weighted by molar-refractivity contribution is -0.137. The lowest BCUT2D eigenvalue weighted by atomic mass is 10.0. The molecule has 1 amide bonds. The molecule has 0 unspecified atom stereocenters. The molecule has 1 heterocycles. The minimum atomic E-state index is -4.72. The molecule has 0 aliphatic carbocycles. The van der Waals surface area contributed by atoms with E-state index < -0.39 is 38.3 Å². The molecular formula is C21H11ClF3NO4S. The van der Waals surface area contributed by atoms with Crippen molar-refractivity contribution < 1.29 is 31.2 Å². The van der Waals surface area contributed by atoms with Gasteiger partial charge in [0.05, 0.1) is 20.4 Å². The third kappa shape index (κ3) is 3.60. The highest BCUT2D eigenvalue weighted by Crippen LogP contribution is 2.37. The number of rotatable bonds is 2. The van der Waals surface area contributed by atoms with Crippen molar-refractivity contribution >= 4 is 38.8 Å². The van der Waals surface area contributed by atoms with E-state index in [1.165, 1.54) is 36.4 Å². The van der Waals surface area contributed by atoms with Gasteiger partial charge in [-0.1, -0.05) is 23.7 Å². The van der Waals surface area contributed by atoms with Crippen LogP contribution in [0, 0.1) is 0 Å². The van der Waals surface area contributed by atoms with E-state index in [2.05, 4.69) is 5.32 Å². The van der Waals surface area contributed by atoms with Gasteiger partial charge < -0.3 is 5.32 Å². The number of carbonyl (C=O) groups excluding carboxylic acids is 2. The average Bonchev–Trinajstić information content (AvgIpc) is 2.72. The number of hydrogen-bond donors (Lipinski definition) is 1. The SMILES string of the molecule is O=C(Nc1ccc(Cl)c(C(F)(F)F)c1)c1ccc2c(c1)S(=O)(=O)c1ccccc1C2=O. The first-order valence-corrected chi connectivity index (χ1v) is 10.6. The zero-order valence-electron chi connectivity index (χ0n) is 15.3. The van der Waals surface area contributed by atoms with E-state index in [4.69, 9.17) is 11.6 Å². The molecule has 1 aliphatic heterocycles. The van der Waals surface area contributed by atoms with Crippen LogP contribution >= 0.6 is 11.6 Å². The molecule has 10 heteroatoms. The number of alkyl halides is 3. The van der Waals surface area contributed by atoms with Crippen LogP contribution in [0.1, 0.15) is 31.8 Å². The van der Waals surface area contributed by atoms with Gasteiger partial charge in [0.1, 0.15) is 0 Å². The Bertz CT molecular complexity index is 1370. The summed E-state index contributed by atoms with van der Waals surface area (Å²) in [7, 11) is -4.06. The predicted molar refractivity (Wildman–Crippen MR) is 106 cm³/mol. The van der Waals surface area contributed by atoms with Crippen LogP contribution in [0.15, 0.2) is 70.5 Å². The van der Waals surface area contributed by atoms with E-state index in [1.807, 2.05) is 0 Å². The highest BCUT2D eigenvalue weighted by Gasteiger charge is 2.35. The third-order valence-electron chi connectivity index (χ3n) is 4.73. The minimum absolute atomic E-state index is 0.0352. The molecule has 0 saturated carbocycles. The Morgan fingerprint density at radius 2 is 1.58 bits per heavy atom. The Hall–Kier alpha value is -3.17. The molecule has 0 fully saturated rings. The van der Waals surface area contributed by atoms with Crippen molar-refractivity contribution in [3.63, 3.8) is 0 Å². The Morgan fingerprint density at radius 1 is 0.903 bits per heavy atom. The number of anilines is 1. The molecule has 0 spiro atoms. The first kappa shape index (κ1) is 21.1. The number of sulfone groups is 1. The Labute approximate surface area is 179 Å². The molecule has 3 aromatic rings. The Balaban J connectivity index is 1.71. The summed E-state index contributed by atoms with van der Waals surface area (Å²) in [6.45, 7) is 0. The molecular weight excluding hydrogens is 455 g/mol. The van der Waals surface area contributed by atoms with Crippen LogP contribution in [0.25, 0.3) is 0 Å². The summed E-state index contributed by atoms with van der Waals surface area (Å²) in [5, 5.41) is 1.76. The average molecular weight is 466 g/mol. The number of ketones is 1. The summed E-state index contributed by atoms with van der Waals surface area (Å²) in [4.78, 5) is 24.7. The Kier molecular flexibility index (Phi) is 4.90. The van der Waals surface area contributed by atoms with Gasteiger partial charge in [-0.3, -0.25) is 9.59 Å². The van der Waals surface area contributed by atoms with Gasteiger partial charge >= 0.3 is 6.18 Å². The standard InChI is InChI=1S/C21H11ClF3NO4S/c22-16-8-6-12(10-15(16)21(23,24)25)26-20(28)11-5-7-14-18(9-11)31(29,30)17-4-2-1-3-13(17)19(14)27/h1-10H,(H,26,28). The molecule has 5 nitrogen and oxygen atoms in total. The quantitative estimate of drug-likeness (QED) is 0.452. The monoisotopic (exact) mass is 465 g/mol. The Morgan fingerprint density at radius 3 is 2.29 bits per heavy atom. The van der Waals surface area contributed by atoms with Gasteiger partial charge in [-0.2, -0.15) is 13.2 Å². The first-order chi connectivity index (χ1) is 14.5. The van der Waals surface area contributed by atoms with Crippen LogP contribution in [0.3, 0.4) is 0 Å². The maximum absolute atomic E-state index is 13.0. The van der Waals surface area contributed by atoms with Crippen molar-refractivity contribution in [1.29, 1.82) is 0 Å². The van der Waals surface area contributed by atoms with Crippen molar-refractivity contribution in [1.82, 2.24) is 0 Å². The first-order valence-electron chi connectivity index (χ1n) is 8.71. The van der Waals surface area contributed by atoms with Gasteiger partial charge in [0.2, 0.25) is 9.84 Å². The largest absolute Gasteiger partial charge is 0.417 e. The van der Waals surface area contributed by atoms with E-state index in [0.29, 0.717) is 6.07 Å². The van der Waals surface area contributed by atoms with Crippen molar-refractivity contribution in [2.45, 2.75) is 16.0 Å². The summed E-state index contributed by atoms with van der Waals surface area (Å²) in [6, 6.07) is 12.0. The molecule has 31 heavy (non-hydrogen) atoms. The third-order valence-corrected chi connectivity index (χ3v) is 6.91. The predicted octanol–water partition coefficient (Wildman–Crippen LogP) is 4.99.